The molecule has 0 saturated carbocycles. The minimum atomic E-state index is -0.294. The predicted molar refractivity (Wildman–Crippen MR) is 59.3 cm³/mol. The zero-order valence-electron chi connectivity index (χ0n) is 9.28. The zero-order valence-corrected chi connectivity index (χ0v) is 9.28. The van der Waals surface area contributed by atoms with Gasteiger partial charge < -0.3 is 10.5 Å². The van der Waals surface area contributed by atoms with Crippen molar-refractivity contribution < 1.29 is 13.9 Å². The van der Waals surface area contributed by atoms with E-state index >= 15 is 0 Å². The molecular formula is C12H16FNO2. The molecule has 0 aliphatic heterocycles. The third-order valence-electron chi connectivity index (χ3n) is 2.15. The van der Waals surface area contributed by atoms with Crippen LogP contribution in [0.5, 0.6) is 0 Å². The van der Waals surface area contributed by atoms with Gasteiger partial charge in [0.25, 0.3) is 0 Å². The first kappa shape index (κ1) is 12.6. The maximum atomic E-state index is 12.6. The molecule has 88 valence electrons. The van der Waals surface area contributed by atoms with Gasteiger partial charge in [0.05, 0.1) is 13.0 Å². The first-order chi connectivity index (χ1) is 7.61. The average molecular weight is 225 g/mol. The van der Waals surface area contributed by atoms with Crippen molar-refractivity contribution >= 4 is 5.97 Å². The lowest BCUT2D eigenvalue weighted by molar-refractivity contribution is -0.143. The summed E-state index contributed by atoms with van der Waals surface area (Å²) in [6.07, 6.45) is 0.726. The van der Waals surface area contributed by atoms with Crippen molar-refractivity contribution in [1.82, 2.24) is 0 Å². The second-order valence-electron chi connectivity index (χ2n) is 3.60. The molecule has 0 bridgehead atoms. The first-order valence-electron chi connectivity index (χ1n) is 5.27. The molecule has 0 saturated heterocycles. The maximum Gasteiger partial charge on any atom is 0.307 e. The van der Waals surface area contributed by atoms with Crippen LogP contribution in [0.3, 0.4) is 0 Å². The zero-order chi connectivity index (χ0) is 12.0. The second kappa shape index (κ2) is 6.23. The van der Waals surface area contributed by atoms with E-state index in [1.54, 1.807) is 19.1 Å². The highest BCUT2D eigenvalue weighted by Crippen LogP contribution is 2.07. The number of benzene rings is 1. The first-order valence-corrected chi connectivity index (χ1v) is 5.27. The molecule has 1 atom stereocenters. The molecule has 0 fully saturated rings. The summed E-state index contributed by atoms with van der Waals surface area (Å²) in [7, 11) is 0. The van der Waals surface area contributed by atoms with E-state index in [1.807, 2.05) is 0 Å². The third-order valence-corrected chi connectivity index (χ3v) is 2.15. The minimum absolute atomic E-state index is 0.186. The Hall–Kier alpha value is -1.42. The number of esters is 1. The van der Waals surface area contributed by atoms with E-state index < -0.39 is 0 Å². The van der Waals surface area contributed by atoms with E-state index in [9.17, 15) is 9.18 Å². The molecule has 4 heteroatoms. The summed E-state index contributed by atoms with van der Waals surface area (Å²) in [5, 5.41) is 0. The Kier molecular flexibility index (Phi) is 4.92. The Morgan fingerprint density at radius 2 is 2.06 bits per heavy atom. The molecule has 0 heterocycles. The van der Waals surface area contributed by atoms with Gasteiger partial charge >= 0.3 is 5.97 Å². The van der Waals surface area contributed by atoms with E-state index in [-0.39, 0.29) is 24.2 Å². The van der Waals surface area contributed by atoms with Crippen molar-refractivity contribution in [3.8, 4) is 0 Å². The SMILES string of the molecule is CCOC(=O)CC(N)Cc1ccc(F)cc1. The molecule has 0 amide bonds. The smallest absolute Gasteiger partial charge is 0.307 e. The molecule has 3 nitrogen and oxygen atoms in total. The lowest BCUT2D eigenvalue weighted by atomic mass is 10.0. The van der Waals surface area contributed by atoms with Crippen LogP contribution in [0.4, 0.5) is 4.39 Å². The Balaban J connectivity index is 2.42. The van der Waals surface area contributed by atoms with Gasteiger partial charge in [-0.2, -0.15) is 0 Å². The molecule has 0 aliphatic rings. The third kappa shape index (κ3) is 4.40. The molecule has 0 radical (unpaired) electrons. The number of hydrogen-bond acceptors (Lipinski definition) is 3. The molecule has 16 heavy (non-hydrogen) atoms. The number of carbonyl (C=O) groups is 1. The molecule has 1 aromatic carbocycles. The van der Waals surface area contributed by atoms with Crippen molar-refractivity contribution in [2.24, 2.45) is 5.73 Å². The lowest BCUT2D eigenvalue weighted by Gasteiger charge is -2.10. The van der Waals surface area contributed by atoms with Gasteiger partial charge in [0.15, 0.2) is 0 Å². The Morgan fingerprint density at radius 1 is 1.44 bits per heavy atom. The van der Waals surface area contributed by atoms with Crippen molar-refractivity contribution in [2.75, 3.05) is 6.61 Å². The van der Waals surface area contributed by atoms with E-state index in [0.717, 1.165) is 5.56 Å². The Bertz CT molecular complexity index is 337. The summed E-state index contributed by atoms with van der Waals surface area (Å²) < 4.78 is 17.4. The van der Waals surface area contributed by atoms with Crippen LogP contribution in [-0.4, -0.2) is 18.6 Å². The van der Waals surface area contributed by atoms with Crippen molar-refractivity contribution in [1.29, 1.82) is 0 Å². The van der Waals surface area contributed by atoms with Crippen LogP contribution in [0.1, 0.15) is 18.9 Å². The van der Waals surface area contributed by atoms with Crippen LogP contribution in [-0.2, 0) is 16.0 Å². The summed E-state index contributed by atoms with van der Waals surface area (Å²) in [5.74, 6) is -0.570. The van der Waals surface area contributed by atoms with Crippen LogP contribution >= 0.6 is 0 Å². The largest absolute Gasteiger partial charge is 0.466 e. The highest BCUT2D eigenvalue weighted by Gasteiger charge is 2.10. The number of hydrogen-bond donors (Lipinski definition) is 1. The van der Waals surface area contributed by atoms with Crippen molar-refractivity contribution in [3.05, 3.63) is 35.6 Å². The van der Waals surface area contributed by atoms with Crippen molar-refractivity contribution in [2.45, 2.75) is 25.8 Å². The highest BCUT2D eigenvalue weighted by molar-refractivity contribution is 5.70. The fraction of sp³-hybridized carbons (Fsp3) is 0.417. The maximum absolute atomic E-state index is 12.6. The quantitative estimate of drug-likeness (QED) is 0.775. The van der Waals surface area contributed by atoms with Gasteiger partial charge in [-0.3, -0.25) is 4.79 Å². The summed E-state index contributed by atoms with van der Waals surface area (Å²) in [6, 6.07) is 5.81. The lowest BCUT2D eigenvalue weighted by Crippen LogP contribution is -2.27. The summed E-state index contributed by atoms with van der Waals surface area (Å²) in [6.45, 7) is 2.12. The fourth-order valence-corrected chi connectivity index (χ4v) is 1.43. The fourth-order valence-electron chi connectivity index (χ4n) is 1.43. The summed E-state index contributed by atoms with van der Waals surface area (Å²) in [5.41, 5.74) is 6.70. The molecule has 1 aromatic rings. The van der Waals surface area contributed by atoms with Crippen molar-refractivity contribution in [3.63, 3.8) is 0 Å². The van der Waals surface area contributed by atoms with E-state index in [4.69, 9.17) is 10.5 Å². The summed E-state index contributed by atoms with van der Waals surface area (Å²) >= 11 is 0. The molecule has 0 aliphatic carbocycles. The highest BCUT2D eigenvalue weighted by atomic mass is 19.1. The van der Waals surface area contributed by atoms with Gasteiger partial charge in [-0.05, 0) is 31.0 Å². The minimum Gasteiger partial charge on any atom is -0.466 e. The molecule has 1 unspecified atom stereocenters. The number of halogens is 1. The standard InChI is InChI=1S/C12H16FNO2/c1-2-16-12(15)8-11(14)7-9-3-5-10(13)6-4-9/h3-6,11H,2,7-8,14H2,1H3. The number of ether oxygens (including phenoxy) is 1. The number of rotatable bonds is 5. The molecular weight excluding hydrogens is 209 g/mol. The van der Waals surface area contributed by atoms with E-state index in [1.165, 1.54) is 12.1 Å². The van der Waals surface area contributed by atoms with Gasteiger partial charge in [-0.25, -0.2) is 4.39 Å². The molecule has 2 N–H and O–H groups in total. The van der Waals surface area contributed by atoms with Gasteiger partial charge in [-0.15, -0.1) is 0 Å². The van der Waals surface area contributed by atoms with Crippen LogP contribution < -0.4 is 5.73 Å². The Morgan fingerprint density at radius 3 is 2.62 bits per heavy atom. The number of nitrogens with two attached hydrogens (primary N) is 1. The van der Waals surface area contributed by atoms with E-state index in [2.05, 4.69) is 0 Å². The normalized spacial score (nSPS) is 12.2. The monoisotopic (exact) mass is 225 g/mol. The second-order valence-corrected chi connectivity index (χ2v) is 3.60. The topological polar surface area (TPSA) is 52.3 Å². The van der Waals surface area contributed by atoms with E-state index in [0.29, 0.717) is 13.0 Å². The van der Waals surface area contributed by atoms with Gasteiger partial charge in [0, 0.05) is 6.04 Å². The average Bonchev–Trinajstić information content (AvgIpc) is 2.21. The molecule has 0 aromatic heterocycles. The predicted octanol–water partition coefficient (Wildman–Crippen LogP) is 1.65. The van der Waals surface area contributed by atoms with Gasteiger partial charge in [0.1, 0.15) is 5.82 Å². The molecule has 1 rings (SSSR count). The van der Waals surface area contributed by atoms with Gasteiger partial charge in [-0.1, -0.05) is 12.1 Å². The molecule has 0 spiro atoms. The number of carbonyl (C=O) groups excluding carboxylic acids is 1. The van der Waals surface area contributed by atoms with Crippen LogP contribution in [0.25, 0.3) is 0 Å². The van der Waals surface area contributed by atoms with Crippen LogP contribution in [0.15, 0.2) is 24.3 Å². The summed E-state index contributed by atoms with van der Waals surface area (Å²) in [4.78, 5) is 11.1. The Labute approximate surface area is 94.4 Å². The van der Waals surface area contributed by atoms with Crippen LogP contribution in [0, 0.1) is 5.82 Å². The van der Waals surface area contributed by atoms with Gasteiger partial charge in [0.2, 0.25) is 0 Å². The van der Waals surface area contributed by atoms with Crippen LogP contribution in [0.2, 0.25) is 0 Å².